The van der Waals surface area contributed by atoms with E-state index in [2.05, 4.69) is 10.5 Å². The number of amides is 1. The first-order chi connectivity index (χ1) is 12.7. The molecule has 0 saturated carbocycles. The number of hydrogen-bond acceptors (Lipinski definition) is 5. The number of sulfonamides is 1. The normalized spacial score (nSPS) is 11.4. The molecule has 0 atom stereocenters. The van der Waals surface area contributed by atoms with Crippen LogP contribution in [0.15, 0.2) is 47.6 Å². The standard InChI is InChI=1S/C17H17Cl2N3O4S/c1-26-14-6-3-12(4-7-14)10-20-21-17(23)11-22(27(2,24)25)16-9-13(18)5-8-15(16)19/h3-10H,11H2,1-2H3,(H,21,23)/b20-10-. The summed E-state index contributed by atoms with van der Waals surface area (Å²) in [4.78, 5) is 12.1. The fraction of sp³-hybridized carbons (Fsp3) is 0.176. The molecule has 2 aromatic carbocycles. The molecule has 1 amide bonds. The number of benzene rings is 2. The molecule has 1 N–H and O–H groups in total. The highest BCUT2D eigenvalue weighted by atomic mass is 35.5. The first-order valence-electron chi connectivity index (χ1n) is 7.59. The molecule has 0 aliphatic carbocycles. The Morgan fingerprint density at radius 3 is 2.48 bits per heavy atom. The molecule has 7 nitrogen and oxygen atoms in total. The van der Waals surface area contributed by atoms with Crippen LogP contribution in [0.5, 0.6) is 5.75 Å². The van der Waals surface area contributed by atoms with Crippen molar-refractivity contribution in [2.45, 2.75) is 0 Å². The van der Waals surface area contributed by atoms with Gasteiger partial charge in [0.2, 0.25) is 10.0 Å². The predicted octanol–water partition coefficient (Wildman–Crippen LogP) is 2.92. The summed E-state index contributed by atoms with van der Waals surface area (Å²) in [6.45, 7) is -0.501. The first-order valence-corrected chi connectivity index (χ1v) is 10.2. The van der Waals surface area contributed by atoms with Gasteiger partial charge in [-0.15, -0.1) is 0 Å². The van der Waals surface area contributed by atoms with E-state index in [0.717, 1.165) is 16.1 Å². The van der Waals surface area contributed by atoms with Crippen molar-refractivity contribution in [2.75, 3.05) is 24.2 Å². The van der Waals surface area contributed by atoms with E-state index in [1.54, 1.807) is 31.4 Å². The Hall–Kier alpha value is -2.29. The zero-order valence-electron chi connectivity index (χ0n) is 14.5. The van der Waals surface area contributed by atoms with Crippen molar-refractivity contribution >= 4 is 51.0 Å². The summed E-state index contributed by atoms with van der Waals surface area (Å²) in [5.74, 6) is 0.0552. The molecule has 0 aliphatic rings. The second-order valence-electron chi connectivity index (χ2n) is 5.43. The van der Waals surface area contributed by atoms with Crippen molar-refractivity contribution in [1.82, 2.24) is 5.43 Å². The fourth-order valence-corrected chi connectivity index (χ4v) is 3.39. The number of rotatable bonds is 7. The van der Waals surface area contributed by atoms with E-state index in [9.17, 15) is 13.2 Å². The topological polar surface area (TPSA) is 88.1 Å². The van der Waals surface area contributed by atoms with Gasteiger partial charge in [0.15, 0.2) is 0 Å². The van der Waals surface area contributed by atoms with Gasteiger partial charge in [0.1, 0.15) is 12.3 Å². The first kappa shape index (κ1) is 21.0. The van der Waals surface area contributed by atoms with Gasteiger partial charge in [-0.05, 0) is 48.0 Å². The quantitative estimate of drug-likeness (QED) is 0.541. The number of ether oxygens (including phenoxy) is 1. The maximum Gasteiger partial charge on any atom is 0.260 e. The van der Waals surface area contributed by atoms with Gasteiger partial charge in [0.05, 0.1) is 30.3 Å². The van der Waals surface area contributed by atoms with Crippen LogP contribution in [0.3, 0.4) is 0 Å². The van der Waals surface area contributed by atoms with Crippen LogP contribution in [0, 0.1) is 0 Å². The maximum atomic E-state index is 12.1. The van der Waals surface area contributed by atoms with E-state index in [-0.39, 0.29) is 10.7 Å². The van der Waals surface area contributed by atoms with Crippen molar-refractivity contribution in [3.05, 3.63) is 58.1 Å². The fourth-order valence-electron chi connectivity index (χ4n) is 2.09. The molecule has 0 spiro atoms. The Bertz CT molecular complexity index is 947. The Balaban J connectivity index is 2.10. The van der Waals surface area contributed by atoms with E-state index in [0.29, 0.717) is 10.8 Å². The van der Waals surface area contributed by atoms with Gasteiger partial charge < -0.3 is 4.74 Å². The van der Waals surface area contributed by atoms with E-state index < -0.39 is 22.5 Å². The highest BCUT2D eigenvalue weighted by Crippen LogP contribution is 2.30. The largest absolute Gasteiger partial charge is 0.497 e. The molecule has 0 saturated heterocycles. The van der Waals surface area contributed by atoms with Crippen LogP contribution in [0.2, 0.25) is 10.0 Å². The predicted molar refractivity (Wildman–Crippen MR) is 107 cm³/mol. The molecule has 0 heterocycles. The molecule has 144 valence electrons. The minimum Gasteiger partial charge on any atom is -0.497 e. The molecule has 27 heavy (non-hydrogen) atoms. The minimum atomic E-state index is -3.77. The summed E-state index contributed by atoms with van der Waals surface area (Å²) in [6, 6.07) is 11.3. The lowest BCUT2D eigenvalue weighted by Gasteiger charge is -2.22. The SMILES string of the molecule is COc1ccc(/C=N\NC(=O)CN(c2cc(Cl)ccc2Cl)S(C)(=O)=O)cc1. The molecule has 0 aromatic heterocycles. The number of halogens is 2. The number of methoxy groups -OCH3 is 1. The van der Waals surface area contributed by atoms with E-state index in [4.69, 9.17) is 27.9 Å². The van der Waals surface area contributed by atoms with Crippen LogP contribution in [-0.4, -0.2) is 40.4 Å². The Labute approximate surface area is 167 Å². The summed E-state index contributed by atoms with van der Waals surface area (Å²) in [6.07, 6.45) is 2.40. The zero-order valence-corrected chi connectivity index (χ0v) is 16.8. The van der Waals surface area contributed by atoms with E-state index in [1.807, 2.05) is 0 Å². The molecule has 2 aromatic rings. The van der Waals surface area contributed by atoms with Crippen LogP contribution >= 0.6 is 23.2 Å². The van der Waals surface area contributed by atoms with Gasteiger partial charge >= 0.3 is 0 Å². The molecular formula is C17H17Cl2N3O4S. The van der Waals surface area contributed by atoms with E-state index in [1.165, 1.54) is 24.4 Å². The molecular weight excluding hydrogens is 413 g/mol. The molecule has 0 bridgehead atoms. The van der Waals surface area contributed by atoms with Crippen molar-refractivity contribution in [1.29, 1.82) is 0 Å². The second-order valence-corrected chi connectivity index (χ2v) is 8.18. The van der Waals surface area contributed by atoms with Crippen LogP contribution in [-0.2, 0) is 14.8 Å². The highest BCUT2D eigenvalue weighted by molar-refractivity contribution is 7.92. The summed E-state index contributed by atoms with van der Waals surface area (Å²) < 4.78 is 30.1. The van der Waals surface area contributed by atoms with Crippen molar-refractivity contribution in [3.8, 4) is 5.75 Å². The lowest BCUT2D eigenvalue weighted by atomic mass is 10.2. The third-order valence-electron chi connectivity index (χ3n) is 3.38. The van der Waals surface area contributed by atoms with Crippen LogP contribution in [0.25, 0.3) is 0 Å². The summed E-state index contributed by atoms with van der Waals surface area (Å²) in [7, 11) is -2.21. The van der Waals surface area contributed by atoms with Gasteiger partial charge in [-0.1, -0.05) is 23.2 Å². The van der Waals surface area contributed by atoms with Crippen molar-refractivity contribution in [2.24, 2.45) is 5.10 Å². The molecule has 0 unspecified atom stereocenters. The van der Waals surface area contributed by atoms with Gasteiger partial charge in [-0.25, -0.2) is 13.8 Å². The molecule has 0 fully saturated rings. The summed E-state index contributed by atoms with van der Waals surface area (Å²) in [5.41, 5.74) is 3.13. The lowest BCUT2D eigenvalue weighted by Crippen LogP contribution is -2.39. The Kier molecular flexibility index (Phi) is 7.06. The monoisotopic (exact) mass is 429 g/mol. The average molecular weight is 430 g/mol. The number of nitrogens with one attached hydrogen (secondary N) is 1. The number of carbonyl (C=O) groups excluding carboxylic acids is 1. The van der Waals surface area contributed by atoms with Crippen molar-refractivity contribution in [3.63, 3.8) is 0 Å². The highest BCUT2D eigenvalue weighted by Gasteiger charge is 2.23. The number of nitrogens with zero attached hydrogens (tertiary/aromatic N) is 2. The van der Waals surface area contributed by atoms with Gasteiger partial charge in [0.25, 0.3) is 5.91 Å². The summed E-state index contributed by atoms with van der Waals surface area (Å²) in [5, 5.41) is 4.26. The summed E-state index contributed by atoms with van der Waals surface area (Å²) >= 11 is 12.0. The Morgan fingerprint density at radius 1 is 1.22 bits per heavy atom. The lowest BCUT2D eigenvalue weighted by molar-refractivity contribution is -0.119. The van der Waals surface area contributed by atoms with Crippen molar-refractivity contribution < 1.29 is 17.9 Å². The van der Waals surface area contributed by atoms with Gasteiger partial charge in [-0.3, -0.25) is 9.10 Å². The molecule has 0 aliphatic heterocycles. The maximum absolute atomic E-state index is 12.1. The van der Waals surface area contributed by atoms with Crippen LogP contribution < -0.4 is 14.5 Å². The number of anilines is 1. The molecule has 2 rings (SSSR count). The minimum absolute atomic E-state index is 0.112. The number of hydrazone groups is 1. The smallest absolute Gasteiger partial charge is 0.260 e. The van der Waals surface area contributed by atoms with Crippen LogP contribution in [0.1, 0.15) is 5.56 Å². The second kappa shape index (κ2) is 9.07. The van der Waals surface area contributed by atoms with Crippen LogP contribution in [0.4, 0.5) is 5.69 Å². The third kappa shape index (κ3) is 6.13. The molecule has 10 heteroatoms. The third-order valence-corrected chi connectivity index (χ3v) is 5.06. The average Bonchev–Trinajstić information content (AvgIpc) is 2.61. The van der Waals surface area contributed by atoms with Gasteiger partial charge in [0, 0.05) is 5.02 Å². The Morgan fingerprint density at radius 2 is 1.89 bits per heavy atom. The van der Waals surface area contributed by atoms with Gasteiger partial charge in [-0.2, -0.15) is 5.10 Å². The van der Waals surface area contributed by atoms with E-state index >= 15 is 0 Å². The zero-order chi connectivity index (χ0) is 20.0. The molecule has 0 radical (unpaired) electrons. The number of carbonyl (C=O) groups is 1. The number of hydrogen-bond donors (Lipinski definition) is 1.